The third-order valence-electron chi connectivity index (χ3n) is 2.48. The molecule has 0 aliphatic rings. The third kappa shape index (κ3) is 7.03. The van der Waals surface area contributed by atoms with Gasteiger partial charge < -0.3 is 9.57 Å². The second kappa shape index (κ2) is 8.91. The van der Waals surface area contributed by atoms with E-state index in [4.69, 9.17) is 4.74 Å². The number of hydrogen-bond donors (Lipinski definition) is 0. The van der Waals surface area contributed by atoms with Crippen LogP contribution in [0.1, 0.15) is 36.0 Å². The van der Waals surface area contributed by atoms with Gasteiger partial charge in [0.25, 0.3) is 5.09 Å². The van der Waals surface area contributed by atoms with Crippen molar-refractivity contribution in [3.63, 3.8) is 0 Å². The van der Waals surface area contributed by atoms with Crippen LogP contribution in [-0.2, 0) is 9.57 Å². The minimum Gasteiger partial charge on any atom is -0.462 e. The molecule has 1 rings (SSSR count). The Hall–Kier alpha value is -2.11. The lowest BCUT2D eigenvalue weighted by atomic mass is 10.2. The van der Waals surface area contributed by atoms with E-state index in [0.29, 0.717) is 18.6 Å². The van der Waals surface area contributed by atoms with E-state index in [1.54, 1.807) is 24.3 Å². The quantitative estimate of drug-likeness (QED) is 0.297. The van der Waals surface area contributed by atoms with Gasteiger partial charge in [0.1, 0.15) is 0 Å². The highest BCUT2D eigenvalue weighted by molar-refractivity contribution is 5.89. The van der Waals surface area contributed by atoms with Crippen molar-refractivity contribution in [3.8, 4) is 0 Å². The van der Waals surface area contributed by atoms with Crippen LogP contribution in [0.5, 0.6) is 0 Å². The molecule has 0 radical (unpaired) electrons. The van der Waals surface area contributed by atoms with E-state index in [1.807, 2.05) is 6.07 Å². The van der Waals surface area contributed by atoms with Gasteiger partial charge in [0.05, 0.1) is 18.8 Å². The Bertz CT molecular complexity index is 393. The van der Waals surface area contributed by atoms with E-state index >= 15 is 0 Å². The molecule has 6 heteroatoms. The number of nitrogens with zero attached hydrogens (tertiary/aromatic N) is 1. The summed E-state index contributed by atoms with van der Waals surface area (Å²) in [6, 6.07) is 8.82. The SMILES string of the molecule is O=C(OCCCCCCO[N+](=O)[O-])c1ccccc1. The zero-order chi connectivity index (χ0) is 13.9. The van der Waals surface area contributed by atoms with Crippen molar-refractivity contribution in [1.82, 2.24) is 0 Å². The summed E-state index contributed by atoms with van der Waals surface area (Å²) < 4.78 is 5.09. The summed E-state index contributed by atoms with van der Waals surface area (Å²) >= 11 is 0. The Kier molecular flexibility index (Phi) is 7.01. The van der Waals surface area contributed by atoms with Crippen LogP contribution in [0.25, 0.3) is 0 Å². The van der Waals surface area contributed by atoms with Crippen molar-refractivity contribution in [2.24, 2.45) is 0 Å². The number of rotatable bonds is 9. The molecule has 0 bridgehead atoms. The molecular formula is C13H17NO5. The van der Waals surface area contributed by atoms with E-state index in [0.717, 1.165) is 19.3 Å². The lowest BCUT2D eigenvalue weighted by molar-refractivity contribution is -0.757. The molecule has 0 amide bonds. The fourth-order valence-electron chi connectivity index (χ4n) is 1.52. The molecule has 0 aliphatic heterocycles. The predicted octanol–water partition coefficient (Wildman–Crippen LogP) is 2.61. The topological polar surface area (TPSA) is 78.7 Å². The normalized spacial score (nSPS) is 9.89. The first kappa shape index (κ1) is 14.9. The number of carbonyl (C=O) groups is 1. The molecular weight excluding hydrogens is 250 g/mol. The molecule has 0 heterocycles. The minimum absolute atomic E-state index is 0.122. The average Bonchev–Trinajstić information content (AvgIpc) is 2.42. The summed E-state index contributed by atoms with van der Waals surface area (Å²) in [6.07, 6.45) is 3.05. The highest BCUT2D eigenvalue weighted by atomic mass is 16.9. The highest BCUT2D eigenvalue weighted by Crippen LogP contribution is 2.04. The maximum absolute atomic E-state index is 11.5. The maximum Gasteiger partial charge on any atom is 0.338 e. The molecule has 0 unspecified atom stereocenters. The second-order valence-corrected chi connectivity index (χ2v) is 3.97. The molecule has 0 N–H and O–H groups in total. The van der Waals surface area contributed by atoms with Gasteiger partial charge >= 0.3 is 5.97 Å². The van der Waals surface area contributed by atoms with Gasteiger partial charge in [0.15, 0.2) is 0 Å². The number of ether oxygens (including phenoxy) is 1. The Labute approximate surface area is 111 Å². The fourth-order valence-corrected chi connectivity index (χ4v) is 1.52. The zero-order valence-electron chi connectivity index (χ0n) is 10.6. The minimum atomic E-state index is -0.790. The van der Waals surface area contributed by atoms with Crippen LogP contribution < -0.4 is 0 Å². The van der Waals surface area contributed by atoms with E-state index in [-0.39, 0.29) is 12.6 Å². The Morgan fingerprint density at radius 3 is 2.32 bits per heavy atom. The van der Waals surface area contributed by atoms with Gasteiger partial charge in [0, 0.05) is 0 Å². The molecule has 0 aliphatic carbocycles. The Balaban J connectivity index is 1.99. The number of esters is 1. The largest absolute Gasteiger partial charge is 0.462 e. The monoisotopic (exact) mass is 267 g/mol. The van der Waals surface area contributed by atoms with E-state index in [2.05, 4.69) is 4.84 Å². The van der Waals surface area contributed by atoms with Gasteiger partial charge in [-0.15, -0.1) is 10.1 Å². The second-order valence-electron chi connectivity index (χ2n) is 3.97. The number of carbonyl (C=O) groups excluding carboxylic acids is 1. The van der Waals surface area contributed by atoms with Gasteiger partial charge in [-0.25, -0.2) is 4.79 Å². The number of benzene rings is 1. The Morgan fingerprint density at radius 1 is 1.05 bits per heavy atom. The van der Waals surface area contributed by atoms with Crippen molar-refractivity contribution < 1.29 is 19.5 Å². The molecule has 0 aromatic heterocycles. The molecule has 0 fully saturated rings. The smallest absolute Gasteiger partial charge is 0.338 e. The lowest BCUT2D eigenvalue weighted by Crippen LogP contribution is -2.06. The molecule has 0 saturated heterocycles. The standard InChI is InChI=1S/C13H17NO5/c15-13(12-8-4-3-5-9-12)18-10-6-1-2-7-11-19-14(16)17/h3-5,8-9H,1-2,6-7,10-11H2. The van der Waals surface area contributed by atoms with Gasteiger partial charge in [-0.05, 0) is 31.4 Å². The van der Waals surface area contributed by atoms with E-state index in [9.17, 15) is 14.9 Å². The molecule has 1 aromatic rings. The molecule has 104 valence electrons. The van der Waals surface area contributed by atoms with Gasteiger partial charge in [-0.3, -0.25) is 0 Å². The van der Waals surface area contributed by atoms with Crippen molar-refractivity contribution in [3.05, 3.63) is 46.0 Å². The summed E-state index contributed by atoms with van der Waals surface area (Å²) in [6.45, 7) is 0.487. The van der Waals surface area contributed by atoms with Crippen LogP contribution in [0, 0.1) is 10.1 Å². The van der Waals surface area contributed by atoms with Gasteiger partial charge in [0.2, 0.25) is 0 Å². The summed E-state index contributed by atoms with van der Waals surface area (Å²) in [7, 11) is 0. The molecule has 0 saturated carbocycles. The first-order valence-corrected chi connectivity index (χ1v) is 6.19. The van der Waals surface area contributed by atoms with Crippen LogP contribution >= 0.6 is 0 Å². The molecule has 6 nitrogen and oxygen atoms in total. The average molecular weight is 267 g/mol. The Morgan fingerprint density at radius 2 is 1.68 bits per heavy atom. The molecule has 1 aromatic carbocycles. The number of hydrogen-bond acceptors (Lipinski definition) is 5. The van der Waals surface area contributed by atoms with Gasteiger partial charge in [-0.1, -0.05) is 24.6 Å². The maximum atomic E-state index is 11.5. The van der Waals surface area contributed by atoms with Crippen LogP contribution in [-0.4, -0.2) is 24.3 Å². The zero-order valence-corrected chi connectivity index (χ0v) is 10.6. The first-order valence-electron chi connectivity index (χ1n) is 6.19. The molecule has 0 spiro atoms. The summed E-state index contributed by atoms with van der Waals surface area (Å²) in [5.41, 5.74) is 0.543. The van der Waals surface area contributed by atoms with Crippen LogP contribution in [0.4, 0.5) is 0 Å². The van der Waals surface area contributed by atoms with Gasteiger partial charge in [-0.2, -0.15) is 0 Å². The highest BCUT2D eigenvalue weighted by Gasteiger charge is 2.04. The van der Waals surface area contributed by atoms with Crippen LogP contribution in [0.15, 0.2) is 30.3 Å². The predicted molar refractivity (Wildman–Crippen MR) is 68.1 cm³/mol. The summed E-state index contributed by atoms with van der Waals surface area (Å²) in [4.78, 5) is 25.6. The van der Waals surface area contributed by atoms with Crippen molar-refractivity contribution in [1.29, 1.82) is 0 Å². The number of unbranched alkanes of at least 4 members (excludes halogenated alkanes) is 3. The van der Waals surface area contributed by atoms with Crippen molar-refractivity contribution in [2.45, 2.75) is 25.7 Å². The molecule has 0 atom stereocenters. The first-order chi connectivity index (χ1) is 9.20. The van der Waals surface area contributed by atoms with E-state index < -0.39 is 5.09 Å². The van der Waals surface area contributed by atoms with Crippen LogP contribution in [0.3, 0.4) is 0 Å². The van der Waals surface area contributed by atoms with E-state index in [1.165, 1.54) is 0 Å². The van der Waals surface area contributed by atoms with Crippen molar-refractivity contribution in [2.75, 3.05) is 13.2 Å². The fraction of sp³-hybridized carbons (Fsp3) is 0.462. The summed E-state index contributed by atoms with van der Waals surface area (Å²) in [5, 5.41) is 9.08. The lowest BCUT2D eigenvalue weighted by Gasteiger charge is -2.04. The van der Waals surface area contributed by atoms with Crippen LogP contribution in [0.2, 0.25) is 0 Å². The summed E-state index contributed by atoms with van der Waals surface area (Å²) in [5.74, 6) is -0.322. The third-order valence-corrected chi connectivity index (χ3v) is 2.48. The molecule has 19 heavy (non-hydrogen) atoms. The van der Waals surface area contributed by atoms with Crippen molar-refractivity contribution >= 4 is 5.97 Å².